The summed E-state index contributed by atoms with van der Waals surface area (Å²) in [6.45, 7) is 1.96. The number of nitrogens with two attached hydrogens (primary N) is 1. The fraction of sp³-hybridized carbons (Fsp3) is 0.357. The van der Waals surface area contributed by atoms with Crippen LogP contribution in [-0.2, 0) is 30.8 Å². The molecule has 0 spiro atoms. The first-order chi connectivity index (χ1) is 11.2. The zero-order chi connectivity index (χ0) is 18.2. The maximum atomic E-state index is 11.5. The molecule has 0 unspecified atom stereocenters. The van der Waals surface area contributed by atoms with Crippen molar-refractivity contribution in [3.8, 4) is 0 Å². The predicted octanol–water partition coefficient (Wildman–Crippen LogP) is -1.75. The molecule has 24 heavy (non-hydrogen) atoms. The van der Waals surface area contributed by atoms with Gasteiger partial charge in [0.1, 0.15) is 0 Å². The van der Waals surface area contributed by atoms with E-state index < -0.39 is 21.8 Å². The van der Waals surface area contributed by atoms with Crippen LogP contribution < -0.4 is 21.1 Å². The number of benzene rings is 1. The van der Waals surface area contributed by atoms with Crippen LogP contribution >= 0.6 is 0 Å². The fourth-order valence-electron chi connectivity index (χ4n) is 1.74. The number of amides is 3. The number of carbonyl (C=O) groups excluding carboxylic acids is 3. The van der Waals surface area contributed by atoms with Crippen molar-refractivity contribution in [2.24, 2.45) is 5.14 Å². The average Bonchev–Trinajstić information content (AvgIpc) is 2.50. The van der Waals surface area contributed by atoms with Crippen molar-refractivity contribution in [2.45, 2.75) is 18.2 Å². The van der Waals surface area contributed by atoms with Crippen LogP contribution in [0.3, 0.4) is 0 Å². The highest BCUT2D eigenvalue weighted by Crippen LogP contribution is 2.08. The number of nitrogens with one attached hydrogen (secondary N) is 3. The maximum Gasteiger partial charge on any atom is 0.309 e. The molecule has 0 aliphatic carbocycles. The van der Waals surface area contributed by atoms with E-state index in [4.69, 9.17) is 5.14 Å². The Morgan fingerprint density at radius 3 is 1.92 bits per heavy atom. The van der Waals surface area contributed by atoms with Crippen molar-refractivity contribution in [3.63, 3.8) is 0 Å². The molecule has 1 rings (SSSR count). The van der Waals surface area contributed by atoms with Crippen molar-refractivity contribution in [2.75, 3.05) is 19.6 Å². The van der Waals surface area contributed by atoms with Gasteiger partial charge in [-0.05, 0) is 24.1 Å². The summed E-state index contributed by atoms with van der Waals surface area (Å²) >= 11 is 0. The quantitative estimate of drug-likeness (QED) is 0.338. The van der Waals surface area contributed by atoms with E-state index in [0.717, 1.165) is 5.56 Å². The molecular weight excluding hydrogens is 336 g/mol. The van der Waals surface area contributed by atoms with E-state index >= 15 is 0 Å². The SMILES string of the molecule is CC(=O)NCCNC(=O)C(=O)NCCc1ccc(S(N)(=O)=O)cc1. The Morgan fingerprint density at radius 2 is 1.42 bits per heavy atom. The van der Waals surface area contributed by atoms with E-state index in [0.29, 0.717) is 6.42 Å². The highest BCUT2D eigenvalue weighted by atomic mass is 32.2. The lowest BCUT2D eigenvalue weighted by molar-refractivity contribution is -0.139. The Morgan fingerprint density at radius 1 is 0.917 bits per heavy atom. The van der Waals surface area contributed by atoms with E-state index in [1.54, 1.807) is 12.1 Å². The molecule has 3 amide bonds. The van der Waals surface area contributed by atoms with Gasteiger partial charge in [0.2, 0.25) is 15.9 Å². The van der Waals surface area contributed by atoms with Crippen LogP contribution in [0.5, 0.6) is 0 Å². The summed E-state index contributed by atoms with van der Waals surface area (Å²) in [5.74, 6) is -1.79. The molecule has 0 aliphatic heterocycles. The number of hydrogen-bond donors (Lipinski definition) is 4. The lowest BCUT2D eigenvalue weighted by Gasteiger charge is -2.07. The Labute approximate surface area is 140 Å². The van der Waals surface area contributed by atoms with Crippen LogP contribution in [0.25, 0.3) is 0 Å². The summed E-state index contributed by atoms with van der Waals surface area (Å²) in [5.41, 5.74) is 0.786. The molecule has 0 bridgehead atoms. The lowest BCUT2D eigenvalue weighted by atomic mass is 10.1. The predicted molar refractivity (Wildman–Crippen MR) is 86.2 cm³/mol. The molecule has 1 aromatic rings. The van der Waals surface area contributed by atoms with Crippen LogP contribution in [0.4, 0.5) is 0 Å². The number of carbonyl (C=O) groups is 3. The van der Waals surface area contributed by atoms with Crippen molar-refractivity contribution < 1.29 is 22.8 Å². The second kappa shape index (κ2) is 8.99. The van der Waals surface area contributed by atoms with Crippen molar-refractivity contribution in [1.82, 2.24) is 16.0 Å². The molecule has 0 aliphatic rings. The number of rotatable bonds is 7. The van der Waals surface area contributed by atoms with Gasteiger partial charge in [-0.1, -0.05) is 12.1 Å². The molecule has 0 atom stereocenters. The van der Waals surface area contributed by atoms with Gasteiger partial charge in [0.15, 0.2) is 0 Å². The normalized spacial score (nSPS) is 10.8. The van der Waals surface area contributed by atoms with E-state index in [1.165, 1.54) is 19.1 Å². The van der Waals surface area contributed by atoms with E-state index in [9.17, 15) is 22.8 Å². The first kappa shape index (κ1) is 19.6. The first-order valence-corrected chi connectivity index (χ1v) is 8.67. The van der Waals surface area contributed by atoms with Crippen LogP contribution in [0, 0.1) is 0 Å². The molecule has 0 radical (unpaired) electrons. The second-order valence-corrected chi connectivity index (χ2v) is 6.50. The number of sulfonamides is 1. The molecule has 1 aromatic carbocycles. The van der Waals surface area contributed by atoms with Crippen molar-refractivity contribution >= 4 is 27.7 Å². The van der Waals surface area contributed by atoms with Crippen LogP contribution in [0.1, 0.15) is 12.5 Å². The van der Waals surface area contributed by atoms with E-state index in [-0.39, 0.29) is 30.4 Å². The smallest absolute Gasteiger partial charge is 0.309 e. The summed E-state index contributed by atoms with van der Waals surface area (Å²) in [6.07, 6.45) is 0.426. The van der Waals surface area contributed by atoms with E-state index in [2.05, 4.69) is 16.0 Å². The Hall–Kier alpha value is -2.46. The summed E-state index contributed by atoms with van der Waals surface area (Å²) in [4.78, 5) is 33.6. The number of primary sulfonamides is 1. The third-order valence-corrected chi connectivity index (χ3v) is 3.87. The largest absolute Gasteiger partial charge is 0.355 e. The van der Waals surface area contributed by atoms with Crippen LogP contribution in [0.15, 0.2) is 29.2 Å². The van der Waals surface area contributed by atoms with Gasteiger partial charge in [-0.2, -0.15) is 0 Å². The van der Waals surface area contributed by atoms with Gasteiger partial charge in [-0.25, -0.2) is 13.6 Å². The number of hydrogen-bond acceptors (Lipinski definition) is 5. The molecule has 0 saturated carbocycles. The summed E-state index contributed by atoms with van der Waals surface area (Å²) in [7, 11) is -3.73. The molecule has 0 aromatic heterocycles. The van der Waals surface area contributed by atoms with Gasteiger partial charge in [0.05, 0.1) is 4.90 Å². The van der Waals surface area contributed by atoms with Crippen molar-refractivity contribution in [1.29, 1.82) is 0 Å². The lowest BCUT2D eigenvalue weighted by Crippen LogP contribution is -2.43. The molecule has 0 fully saturated rings. The summed E-state index contributed by atoms with van der Waals surface area (Å²) < 4.78 is 22.2. The zero-order valence-corrected chi connectivity index (χ0v) is 14.0. The third kappa shape index (κ3) is 7.20. The van der Waals surface area contributed by atoms with Gasteiger partial charge < -0.3 is 16.0 Å². The molecule has 0 saturated heterocycles. The minimum Gasteiger partial charge on any atom is -0.355 e. The standard InChI is InChI=1S/C14H20N4O5S/c1-10(19)16-8-9-18-14(21)13(20)17-7-6-11-2-4-12(5-3-11)24(15,22)23/h2-5H,6-9H2,1H3,(H,16,19)(H,17,20)(H,18,21)(H2,15,22,23). The molecule has 9 nitrogen and oxygen atoms in total. The monoisotopic (exact) mass is 356 g/mol. The zero-order valence-electron chi connectivity index (χ0n) is 13.2. The van der Waals surface area contributed by atoms with Gasteiger partial charge in [-0.15, -0.1) is 0 Å². The molecule has 0 heterocycles. The topological polar surface area (TPSA) is 147 Å². The second-order valence-electron chi connectivity index (χ2n) is 4.93. The Kier molecular flexibility index (Phi) is 7.33. The summed E-state index contributed by atoms with van der Waals surface area (Å²) in [6, 6.07) is 5.92. The highest BCUT2D eigenvalue weighted by Gasteiger charge is 2.12. The molecule has 132 valence electrons. The minimum atomic E-state index is -3.73. The first-order valence-electron chi connectivity index (χ1n) is 7.12. The Balaban J connectivity index is 2.32. The van der Waals surface area contributed by atoms with Crippen LogP contribution in [0.2, 0.25) is 0 Å². The Bertz CT molecular complexity index is 700. The highest BCUT2D eigenvalue weighted by molar-refractivity contribution is 7.89. The van der Waals surface area contributed by atoms with E-state index in [1.807, 2.05) is 0 Å². The van der Waals surface area contributed by atoms with Crippen LogP contribution in [-0.4, -0.2) is 45.8 Å². The van der Waals surface area contributed by atoms with Gasteiger partial charge >= 0.3 is 11.8 Å². The average molecular weight is 356 g/mol. The molecule has 10 heteroatoms. The minimum absolute atomic E-state index is 0.00818. The summed E-state index contributed by atoms with van der Waals surface area (Å²) in [5, 5.41) is 12.3. The van der Waals surface area contributed by atoms with Gasteiger partial charge in [0.25, 0.3) is 0 Å². The molecule has 5 N–H and O–H groups in total. The van der Waals surface area contributed by atoms with Gasteiger partial charge in [0, 0.05) is 26.6 Å². The third-order valence-electron chi connectivity index (χ3n) is 2.94. The van der Waals surface area contributed by atoms with Gasteiger partial charge in [-0.3, -0.25) is 14.4 Å². The molecular formula is C14H20N4O5S. The van der Waals surface area contributed by atoms with Crippen molar-refractivity contribution in [3.05, 3.63) is 29.8 Å². The fourth-order valence-corrected chi connectivity index (χ4v) is 2.26. The maximum absolute atomic E-state index is 11.5.